The molecule has 0 spiro atoms. The number of fused-ring (bicyclic) bond motifs is 1. The number of ether oxygens (including phenoxy) is 2. The van der Waals surface area contributed by atoms with Gasteiger partial charge in [-0.15, -0.1) is 0 Å². The highest BCUT2D eigenvalue weighted by Crippen LogP contribution is 2.40. The number of aromatic hydroxyl groups is 1. The number of nitrogens with one attached hydrogen (secondary N) is 1. The molecule has 0 atom stereocenters. The maximum Gasteiger partial charge on any atom is 0.258 e. The second kappa shape index (κ2) is 7.67. The van der Waals surface area contributed by atoms with Crippen LogP contribution in [0.3, 0.4) is 0 Å². The van der Waals surface area contributed by atoms with E-state index in [4.69, 9.17) is 21.1 Å². The van der Waals surface area contributed by atoms with Gasteiger partial charge in [0.05, 0.1) is 6.42 Å². The summed E-state index contributed by atoms with van der Waals surface area (Å²) in [6, 6.07) is 6.96. The van der Waals surface area contributed by atoms with Crippen molar-refractivity contribution < 1.29 is 28.6 Å². The number of ketones is 1. The lowest BCUT2D eigenvalue weighted by Crippen LogP contribution is -2.36. The Kier molecular flexibility index (Phi) is 5.47. The zero-order valence-electron chi connectivity index (χ0n) is 15.3. The molecule has 28 heavy (non-hydrogen) atoms. The smallest absolute Gasteiger partial charge is 0.258 e. The Morgan fingerprint density at radius 2 is 2.14 bits per heavy atom. The number of amides is 1. The molecule has 2 aromatic carbocycles. The number of benzene rings is 2. The molecule has 0 aromatic heterocycles. The zero-order chi connectivity index (χ0) is 20.5. The first-order chi connectivity index (χ1) is 13.2. The molecule has 2 aromatic rings. The van der Waals surface area contributed by atoms with E-state index < -0.39 is 17.3 Å². The molecule has 1 aliphatic rings. The van der Waals surface area contributed by atoms with E-state index in [2.05, 4.69) is 5.32 Å². The van der Waals surface area contributed by atoms with Gasteiger partial charge in [-0.2, -0.15) is 0 Å². The van der Waals surface area contributed by atoms with Crippen molar-refractivity contribution in [1.82, 2.24) is 5.32 Å². The summed E-state index contributed by atoms with van der Waals surface area (Å²) in [7, 11) is 0. The molecule has 0 saturated carbocycles. The fourth-order valence-corrected chi connectivity index (χ4v) is 3.15. The first-order valence-electron chi connectivity index (χ1n) is 8.58. The lowest BCUT2D eigenvalue weighted by Gasteiger charge is -2.32. The van der Waals surface area contributed by atoms with Crippen LogP contribution in [0.4, 0.5) is 4.39 Å². The number of carbonyl (C=O) groups is 2. The minimum atomic E-state index is -0.703. The fourth-order valence-electron chi connectivity index (χ4n) is 2.92. The van der Waals surface area contributed by atoms with E-state index in [0.717, 1.165) is 0 Å². The highest BCUT2D eigenvalue weighted by Gasteiger charge is 2.35. The van der Waals surface area contributed by atoms with Crippen molar-refractivity contribution in [3.63, 3.8) is 0 Å². The Hall–Kier alpha value is -2.80. The summed E-state index contributed by atoms with van der Waals surface area (Å²) in [6.07, 6.45) is 0.148. The van der Waals surface area contributed by atoms with E-state index >= 15 is 0 Å². The molecule has 3 rings (SSSR count). The van der Waals surface area contributed by atoms with Crippen LogP contribution in [0.15, 0.2) is 30.3 Å². The third-order valence-corrected chi connectivity index (χ3v) is 4.55. The Bertz CT molecular complexity index is 924. The number of rotatable bonds is 5. The lowest BCUT2D eigenvalue weighted by atomic mass is 9.92. The van der Waals surface area contributed by atoms with Crippen LogP contribution in [0.25, 0.3) is 0 Å². The third kappa shape index (κ3) is 4.36. The summed E-state index contributed by atoms with van der Waals surface area (Å²) in [5.74, 6) is -1.15. The average Bonchev–Trinajstić information content (AvgIpc) is 2.57. The molecule has 1 heterocycles. The van der Waals surface area contributed by atoms with Gasteiger partial charge in [-0.05, 0) is 26.0 Å². The first-order valence-corrected chi connectivity index (χ1v) is 8.96. The normalized spacial score (nSPS) is 14.8. The summed E-state index contributed by atoms with van der Waals surface area (Å²) >= 11 is 5.91. The van der Waals surface area contributed by atoms with E-state index in [1.165, 1.54) is 30.3 Å². The second-order valence-corrected chi connectivity index (χ2v) is 7.45. The van der Waals surface area contributed by atoms with Crippen LogP contribution < -0.4 is 14.8 Å². The van der Waals surface area contributed by atoms with E-state index in [9.17, 15) is 19.1 Å². The molecule has 2 N–H and O–H groups in total. The number of Topliss-reactive ketones (excluding diaryl/α,β-unsaturated/α-hetero) is 1. The fraction of sp³-hybridized carbons (Fsp3) is 0.300. The summed E-state index contributed by atoms with van der Waals surface area (Å²) < 4.78 is 24.8. The van der Waals surface area contributed by atoms with Gasteiger partial charge in [0, 0.05) is 29.3 Å². The van der Waals surface area contributed by atoms with Crippen molar-refractivity contribution in [3.05, 3.63) is 52.3 Å². The Morgan fingerprint density at radius 1 is 1.39 bits per heavy atom. The minimum absolute atomic E-state index is 0.0884. The summed E-state index contributed by atoms with van der Waals surface area (Å²) in [4.78, 5) is 24.2. The van der Waals surface area contributed by atoms with E-state index in [0.29, 0.717) is 0 Å². The first kappa shape index (κ1) is 19.9. The number of hydrogen-bond acceptors (Lipinski definition) is 5. The van der Waals surface area contributed by atoms with Gasteiger partial charge < -0.3 is 19.9 Å². The summed E-state index contributed by atoms with van der Waals surface area (Å²) in [5.41, 5.74) is -0.422. The second-order valence-electron chi connectivity index (χ2n) is 7.04. The number of hydrogen-bond donors (Lipinski definition) is 2. The molecule has 0 saturated heterocycles. The van der Waals surface area contributed by atoms with Crippen molar-refractivity contribution in [3.8, 4) is 17.2 Å². The average molecular weight is 408 g/mol. The van der Waals surface area contributed by atoms with E-state index in [1.54, 1.807) is 13.8 Å². The van der Waals surface area contributed by atoms with Crippen molar-refractivity contribution in [1.29, 1.82) is 0 Å². The van der Waals surface area contributed by atoms with Gasteiger partial charge in [-0.1, -0.05) is 17.7 Å². The van der Waals surface area contributed by atoms with Crippen LogP contribution in [0.2, 0.25) is 5.02 Å². The molecular weight excluding hydrogens is 389 g/mol. The predicted octanol–water partition coefficient (Wildman–Crippen LogP) is 3.62. The van der Waals surface area contributed by atoms with Gasteiger partial charge in [-0.25, -0.2) is 4.39 Å². The van der Waals surface area contributed by atoms with Gasteiger partial charge in [0.15, 0.2) is 12.4 Å². The van der Waals surface area contributed by atoms with E-state index in [1.807, 2.05) is 0 Å². The summed E-state index contributed by atoms with van der Waals surface area (Å²) in [6.45, 7) is 3.07. The molecule has 0 fully saturated rings. The van der Waals surface area contributed by atoms with Gasteiger partial charge in [-0.3, -0.25) is 9.59 Å². The number of halogens is 2. The van der Waals surface area contributed by atoms with Crippen molar-refractivity contribution in [2.45, 2.75) is 32.4 Å². The molecule has 0 unspecified atom stereocenters. The molecule has 1 aliphatic heterocycles. The maximum atomic E-state index is 13.7. The molecule has 0 radical (unpaired) electrons. The summed E-state index contributed by atoms with van der Waals surface area (Å²) in [5, 5.41) is 12.8. The van der Waals surface area contributed by atoms with Crippen LogP contribution in [-0.4, -0.2) is 29.0 Å². The highest BCUT2D eigenvalue weighted by atomic mass is 35.5. The zero-order valence-corrected chi connectivity index (χ0v) is 16.1. The van der Waals surface area contributed by atoms with Crippen LogP contribution >= 0.6 is 11.6 Å². The SMILES string of the molecule is CC1(C)CC(=O)c2c(O)cc(OCC(=O)NCc3c(F)cccc3Cl)cc2O1. The molecule has 6 nitrogen and oxygen atoms in total. The monoisotopic (exact) mass is 407 g/mol. The van der Waals surface area contributed by atoms with E-state index in [-0.39, 0.29) is 58.8 Å². The van der Waals surface area contributed by atoms with Crippen LogP contribution in [0.5, 0.6) is 17.2 Å². The predicted molar refractivity (Wildman–Crippen MR) is 101 cm³/mol. The van der Waals surface area contributed by atoms with Gasteiger partial charge in [0.25, 0.3) is 5.91 Å². The maximum absolute atomic E-state index is 13.7. The van der Waals surface area contributed by atoms with Crippen molar-refractivity contribution in [2.24, 2.45) is 0 Å². The minimum Gasteiger partial charge on any atom is -0.507 e. The lowest BCUT2D eigenvalue weighted by molar-refractivity contribution is -0.123. The number of phenolic OH excluding ortho intramolecular Hbond substituents is 1. The number of phenols is 1. The van der Waals surface area contributed by atoms with Crippen LogP contribution in [0, 0.1) is 5.82 Å². The Labute approximate surface area is 166 Å². The standard InChI is InChI=1S/C20H19ClFNO5/c1-20(2)8-16(25)19-15(24)6-11(7-17(19)28-20)27-10-18(26)23-9-12-13(21)4-3-5-14(12)22/h3-7,24H,8-10H2,1-2H3,(H,23,26). The molecule has 0 aliphatic carbocycles. The van der Waals surface area contributed by atoms with Crippen LogP contribution in [-0.2, 0) is 11.3 Å². The van der Waals surface area contributed by atoms with Crippen molar-refractivity contribution in [2.75, 3.05) is 6.61 Å². The molecule has 1 amide bonds. The third-order valence-electron chi connectivity index (χ3n) is 4.20. The molecule has 0 bridgehead atoms. The van der Waals surface area contributed by atoms with Gasteiger partial charge >= 0.3 is 0 Å². The molecule has 8 heteroatoms. The Balaban J connectivity index is 1.64. The van der Waals surface area contributed by atoms with Crippen LogP contribution in [0.1, 0.15) is 36.2 Å². The van der Waals surface area contributed by atoms with Crippen molar-refractivity contribution >= 4 is 23.3 Å². The topological polar surface area (TPSA) is 84.9 Å². The Morgan fingerprint density at radius 3 is 2.86 bits per heavy atom. The number of carbonyl (C=O) groups excluding carboxylic acids is 2. The molecular formula is C20H19ClFNO5. The highest BCUT2D eigenvalue weighted by molar-refractivity contribution is 6.31. The van der Waals surface area contributed by atoms with Gasteiger partial charge in [0.2, 0.25) is 0 Å². The largest absolute Gasteiger partial charge is 0.507 e. The quantitative estimate of drug-likeness (QED) is 0.790. The molecule has 148 valence electrons. The van der Waals surface area contributed by atoms with Gasteiger partial charge in [0.1, 0.15) is 34.2 Å².